The molecule has 0 bridgehead atoms. The molecule has 0 aliphatic heterocycles. The van der Waals surface area contributed by atoms with Gasteiger partial charge in [0.1, 0.15) is 11.5 Å². The Balaban J connectivity index is 2.08. The fourth-order valence-corrected chi connectivity index (χ4v) is 3.18. The standard InChI is InChI=1S/C18H16ClN3OS/c1-3-9-20-18-22(21-11-16-8-7-13(2)23-16)17(12-24-18)14-5-4-6-15(19)10-14/h3-8,10-12H,1,9H2,2H3. The van der Waals surface area contributed by atoms with Crippen LogP contribution in [0.4, 0.5) is 0 Å². The lowest BCUT2D eigenvalue weighted by molar-refractivity contribution is 0.527. The summed E-state index contributed by atoms with van der Waals surface area (Å²) >= 11 is 7.64. The van der Waals surface area contributed by atoms with Crippen molar-refractivity contribution in [2.45, 2.75) is 6.92 Å². The van der Waals surface area contributed by atoms with Crippen LogP contribution in [0.2, 0.25) is 5.02 Å². The van der Waals surface area contributed by atoms with Crippen molar-refractivity contribution in [1.82, 2.24) is 4.68 Å². The van der Waals surface area contributed by atoms with Gasteiger partial charge in [0, 0.05) is 16.0 Å². The molecular formula is C18H16ClN3OS. The maximum atomic E-state index is 6.12. The van der Waals surface area contributed by atoms with Crippen LogP contribution in [0.3, 0.4) is 0 Å². The molecule has 0 atom stereocenters. The second kappa shape index (κ2) is 7.47. The predicted octanol–water partition coefficient (Wildman–Crippen LogP) is 4.74. The van der Waals surface area contributed by atoms with E-state index in [0.29, 0.717) is 17.3 Å². The van der Waals surface area contributed by atoms with Gasteiger partial charge in [-0.05, 0) is 31.2 Å². The number of furan rings is 1. The van der Waals surface area contributed by atoms with Crippen LogP contribution in [0, 0.1) is 6.92 Å². The summed E-state index contributed by atoms with van der Waals surface area (Å²) in [5.41, 5.74) is 1.90. The zero-order valence-corrected chi connectivity index (χ0v) is 14.7. The summed E-state index contributed by atoms with van der Waals surface area (Å²) < 4.78 is 7.33. The SMILES string of the molecule is C=CCN=c1scc(-c2cccc(Cl)c2)n1N=Cc1ccc(C)o1. The van der Waals surface area contributed by atoms with E-state index in [9.17, 15) is 0 Å². The number of hydrogen-bond acceptors (Lipinski definition) is 4. The normalized spacial score (nSPS) is 12.2. The number of hydrogen-bond donors (Lipinski definition) is 0. The van der Waals surface area contributed by atoms with Crippen LogP contribution in [0.1, 0.15) is 11.5 Å². The Morgan fingerprint density at radius 1 is 1.33 bits per heavy atom. The number of aryl methyl sites for hydroxylation is 1. The highest BCUT2D eigenvalue weighted by Crippen LogP contribution is 2.23. The number of nitrogens with zero attached hydrogens (tertiary/aromatic N) is 3. The first-order valence-electron chi connectivity index (χ1n) is 7.36. The van der Waals surface area contributed by atoms with Gasteiger partial charge in [-0.1, -0.05) is 29.8 Å². The van der Waals surface area contributed by atoms with Gasteiger partial charge in [-0.2, -0.15) is 5.10 Å². The molecule has 2 aromatic heterocycles. The monoisotopic (exact) mass is 357 g/mol. The topological polar surface area (TPSA) is 42.8 Å². The van der Waals surface area contributed by atoms with E-state index in [2.05, 4.69) is 16.7 Å². The first-order chi connectivity index (χ1) is 11.7. The van der Waals surface area contributed by atoms with Crippen molar-refractivity contribution >= 4 is 29.2 Å². The molecule has 3 rings (SSSR count). The number of benzene rings is 1. The average Bonchev–Trinajstić information content (AvgIpc) is 3.17. The summed E-state index contributed by atoms with van der Waals surface area (Å²) in [5, 5.41) is 7.24. The van der Waals surface area contributed by atoms with Crippen LogP contribution in [0.5, 0.6) is 0 Å². The minimum absolute atomic E-state index is 0.533. The minimum atomic E-state index is 0.533. The van der Waals surface area contributed by atoms with Crippen molar-refractivity contribution in [2.75, 3.05) is 6.54 Å². The molecule has 0 aliphatic rings. The zero-order valence-electron chi connectivity index (χ0n) is 13.1. The zero-order chi connectivity index (χ0) is 16.9. The second-order valence-electron chi connectivity index (χ2n) is 5.05. The molecule has 122 valence electrons. The molecule has 2 heterocycles. The Kier molecular flexibility index (Phi) is 5.13. The molecule has 0 spiro atoms. The molecule has 0 saturated heterocycles. The summed E-state index contributed by atoms with van der Waals surface area (Å²) in [7, 11) is 0. The first kappa shape index (κ1) is 16.5. The Labute approximate surface area is 149 Å². The highest BCUT2D eigenvalue weighted by Gasteiger charge is 2.08. The van der Waals surface area contributed by atoms with Crippen molar-refractivity contribution in [2.24, 2.45) is 10.1 Å². The van der Waals surface area contributed by atoms with Crippen molar-refractivity contribution in [3.63, 3.8) is 0 Å². The van der Waals surface area contributed by atoms with Crippen LogP contribution in [-0.4, -0.2) is 17.4 Å². The Bertz CT molecular complexity index is 949. The van der Waals surface area contributed by atoms with Crippen LogP contribution >= 0.6 is 22.9 Å². The minimum Gasteiger partial charge on any atom is -0.460 e. The van der Waals surface area contributed by atoms with E-state index in [1.54, 1.807) is 17.0 Å². The number of thiazole rings is 1. The highest BCUT2D eigenvalue weighted by molar-refractivity contribution is 7.07. The maximum Gasteiger partial charge on any atom is 0.206 e. The maximum absolute atomic E-state index is 6.12. The van der Waals surface area contributed by atoms with E-state index in [0.717, 1.165) is 21.8 Å². The van der Waals surface area contributed by atoms with Gasteiger partial charge in [0.2, 0.25) is 4.80 Å². The Morgan fingerprint density at radius 2 is 2.21 bits per heavy atom. The number of rotatable bonds is 5. The van der Waals surface area contributed by atoms with Crippen molar-refractivity contribution in [3.05, 3.63) is 75.8 Å². The molecule has 0 unspecified atom stereocenters. The Hall–Kier alpha value is -2.37. The second-order valence-corrected chi connectivity index (χ2v) is 6.32. The lowest BCUT2D eigenvalue weighted by atomic mass is 10.2. The first-order valence-corrected chi connectivity index (χ1v) is 8.62. The third kappa shape index (κ3) is 3.75. The third-order valence-electron chi connectivity index (χ3n) is 3.22. The number of aromatic nitrogens is 1. The van der Waals surface area contributed by atoms with Gasteiger partial charge in [0.05, 0.1) is 18.5 Å². The van der Waals surface area contributed by atoms with Crippen LogP contribution in [0.25, 0.3) is 11.3 Å². The fourth-order valence-electron chi connectivity index (χ4n) is 2.15. The van der Waals surface area contributed by atoms with Gasteiger partial charge in [-0.15, -0.1) is 17.9 Å². The molecule has 0 N–H and O–H groups in total. The molecule has 3 aromatic rings. The lowest BCUT2D eigenvalue weighted by Gasteiger charge is -2.03. The molecule has 0 fully saturated rings. The smallest absolute Gasteiger partial charge is 0.206 e. The molecule has 0 aliphatic carbocycles. The molecule has 0 amide bonds. The van der Waals surface area contributed by atoms with E-state index < -0.39 is 0 Å². The molecule has 0 radical (unpaired) electrons. The molecule has 6 heteroatoms. The third-order valence-corrected chi connectivity index (χ3v) is 4.31. The van der Waals surface area contributed by atoms with Gasteiger partial charge < -0.3 is 4.42 Å². The van der Waals surface area contributed by atoms with E-state index in [1.807, 2.05) is 48.7 Å². The van der Waals surface area contributed by atoms with Crippen LogP contribution < -0.4 is 4.80 Å². The summed E-state index contributed by atoms with van der Waals surface area (Å²) in [5.74, 6) is 1.54. The largest absolute Gasteiger partial charge is 0.460 e. The highest BCUT2D eigenvalue weighted by atomic mass is 35.5. The number of halogens is 1. The van der Waals surface area contributed by atoms with Gasteiger partial charge in [0.15, 0.2) is 0 Å². The van der Waals surface area contributed by atoms with E-state index in [-0.39, 0.29) is 0 Å². The summed E-state index contributed by atoms with van der Waals surface area (Å²) in [6.45, 7) is 6.14. The molecule has 1 aromatic carbocycles. The molecular weight excluding hydrogens is 342 g/mol. The molecule has 24 heavy (non-hydrogen) atoms. The van der Waals surface area contributed by atoms with Crippen molar-refractivity contribution in [3.8, 4) is 11.3 Å². The molecule has 4 nitrogen and oxygen atoms in total. The molecule has 0 saturated carbocycles. The van der Waals surface area contributed by atoms with Crippen molar-refractivity contribution < 1.29 is 4.42 Å². The average molecular weight is 358 g/mol. The fraction of sp³-hybridized carbons (Fsp3) is 0.111. The van der Waals surface area contributed by atoms with E-state index >= 15 is 0 Å². The van der Waals surface area contributed by atoms with E-state index in [1.165, 1.54) is 11.3 Å². The quantitative estimate of drug-likeness (QED) is 0.480. The predicted molar refractivity (Wildman–Crippen MR) is 99.8 cm³/mol. The van der Waals surface area contributed by atoms with E-state index in [4.69, 9.17) is 16.0 Å². The van der Waals surface area contributed by atoms with Crippen LogP contribution in [-0.2, 0) is 0 Å². The van der Waals surface area contributed by atoms with Gasteiger partial charge in [0.25, 0.3) is 0 Å². The van der Waals surface area contributed by atoms with Gasteiger partial charge in [-0.3, -0.25) is 4.99 Å². The van der Waals surface area contributed by atoms with Crippen molar-refractivity contribution in [1.29, 1.82) is 0 Å². The lowest BCUT2D eigenvalue weighted by Crippen LogP contribution is -2.12. The Morgan fingerprint density at radius 3 is 2.92 bits per heavy atom. The summed E-state index contributed by atoms with van der Waals surface area (Å²) in [6.07, 6.45) is 3.43. The van der Waals surface area contributed by atoms with Gasteiger partial charge >= 0.3 is 0 Å². The summed E-state index contributed by atoms with van der Waals surface area (Å²) in [4.78, 5) is 5.28. The van der Waals surface area contributed by atoms with Crippen LogP contribution in [0.15, 0.2) is 68.9 Å². The van der Waals surface area contributed by atoms with Gasteiger partial charge in [-0.25, -0.2) is 4.68 Å². The summed E-state index contributed by atoms with van der Waals surface area (Å²) in [6, 6.07) is 11.4.